The zero-order chi connectivity index (χ0) is 22.9. The second-order valence-electron chi connectivity index (χ2n) is 7.40. The van der Waals surface area contributed by atoms with Gasteiger partial charge in [-0.1, -0.05) is 6.92 Å². The van der Waals surface area contributed by atoms with Gasteiger partial charge >= 0.3 is 0 Å². The molecule has 0 fully saturated rings. The lowest BCUT2D eigenvalue weighted by molar-refractivity contribution is 0.0937. The molecule has 32 heavy (non-hydrogen) atoms. The van der Waals surface area contributed by atoms with Gasteiger partial charge in [0.1, 0.15) is 11.6 Å². The lowest BCUT2D eigenvalue weighted by atomic mass is 10.1. The molecule has 0 bridgehead atoms. The Morgan fingerprint density at radius 1 is 1.16 bits per heavy atom. The van der Waals surface area contributed by atoms with Crippen molar-refractivity contribution in [2.45, 2.75) is 24.4 Å². The molecule has 1 aromatic carbocycles. The highest BCUT2D eigenvalue weighted by atomic mass is 32.2. The third-order valence-corrected chi connectivity index (χ3v) is 6.16. The topological polar surface area (TPSA) is 93.4 Å². The lowest BCUT2D eigenvalue weighted by Crippen LogP contribution is -2.28. The zero-order valence-electron chi connectivity index (χ0n) is 17.5. The molecule has 0 radical (unpaired) electrons. The second-order valence-corrected chi connectivity index (χ2v) is 9.36. The van der Waals surface area contributed by atoms with Crippen molar-refractivity contribution in [3.05, 3.63) is 84.1 Å². The maximum absolute atomic E-state index is 13.3. The summed E-state index contributed by atoms with van der Waals surface area (Å²) in [5.41, 5.74) is 2.40. The number of rotatable bonds is 6. The van der Waals surface area contributed by atoms with Gasteiger partial charge in [-0.25, -0.2) is 22.8 Å². The molecule has 7 nitrogen and oxygen atoms in total. The third kappa shape index (κ3) is 4.24. The number of halogens is 1. The van der Waals surface area contributed by atoms with Crippen molar-refractivity contribution in [1.82, 2.24) is 19.7 Å². The van der Waals surface area contributed by atoms with Gasteiger partial charge in [0, 0.05) is 24.2 Å². The Kier molecular flexibility index (Phi) is 5.75. The average Bonchev–Trinajstić information content (AvgIpc) is 3.21. The van der Waals surface area contributed by atoms with Gasteiger partial charge in [-0.3, -0.25) is 9.20 Å². The maximum atomic E-state index is 13.3. The van der Waals surface area contributed by atoms with E-state index >= 15 is 0 Å². The molecule has 1 amide bonds. The minimum atomic E-state index is -3.46. The standard InChI is InChI=1S/C23H21FN4O3S/c1-3-19(16-10-11-25-21(13-16)32(2,30)31)27-23(29)18-5-4-12-28-20(18)14-26-22(28)15-6-8-17(24)9-7-15/h4-14,19H,3H2,1-2H3,(H,27,29). The summed E-state index contributed by atoms with van der Waals surface area (Å²) >= 11 is 0. The van der Waals surface area contributed by atoms with Crippen LogP contribution < -0.4 is 5.32 Å². The predicted octanol–water partition coefficient (Wildman–Crippen LogP) is 3.82. The number of pyridine rings is 2. The Bertz CT molecular complexity index is 1400. The van der Waals surface area contributed by atoms with Crippen LogP contribution in [0.4, 0.5) is 4.39 Å². The Hall–Kier alpha value is -3.59. The number of carbonyl (C=O) groups excluding carboxylic acids is 1. The van der Waals surface area contributed by atoms with Crippen LogP contribution >= 0.6 is 0 Å². The van der Waals surface area contributed by atoms with Crippen LogP contribution in [-0.2, 0) is 9.84 Å². The number of amides is 1. The number of aromatic nitrogens is 3. The van der Waals surface area contributed by atoms with Crippen LogP contribution in [0.25, 0.3) is 16.9 Å². The second kappa shape index (κ2) is 8.51. The minimum absolute atomic E-state index is 0.0375. The summed E-state index contributed by atoms with van der Waals surface area (Å²) in [6.07, 6.45) is 6.46. The van der Waals surface area contributed by atoms with Crippen LogP contribution in [-0.4, -0.2) is 34.9 Å². The van der Waals surface area contributed by atoms with Crippen molar-refractivity contribution in [3.8, 4) is 11.4 Å². The van der Waals surface area contributed by atoms with Gasteiger partial charge in [0.05, 0.1) is 23.3 Å². The zero-order valence-corrected chi connectivity index (χ0v) is 18.3. The molecule has 0 saturated carbocycles. The number of carbonyl (C=O) groups is 1. The van der Waals surface area contributed by atoms with Crippen LogP contribution in [0.1, 0.15) is 35.3 Å². The fourth-order valence-corrected chi connectivity index (χ4v) is 4.13. The Morgan fingerprint density at radius 2 is 1.91 bits per heavy atom. The number of nitrogens with one attached hydrogen (secondary N) is 1. The molecule has 1 atom stereocenters. The number of hydrogen-bond donors (Lipinski definition) is 1. The first-order chi connectivity index (χ1) is 15.3. The Morgan fingerprint density at radius 3 is 2.59 bits per heavy atom. The van der Waals surface area contributed by atoms with E-state index in [-0.39, 0.29) is 16.8 Å². The van der Waals surface area contributed by atoms with E-state index in [4.69, 9.17) is 0 Å². The molecule has 0 aliphatic heterocycles. The average molecular weight is 453 g/mol. The predicted molar refractivity (Wildman–Crippen MR) is 118 cm³/mol. The first-order valence-corrected chi connectivity index (χ1v) is 11.9. The van der Waals surface area contributed by atoms with E-state index < -0.39 is 15.9 Å². The van der Waals surface area contributed by atoms with Gasteiger partial charge in [-0.2, -0.15) is 0 Å². The van der Waals surface area contributed by atoms with E-state index in [2.05, 4.69) is 15.3 Å². The van der Waals surface area contributed by atoms with Gasteiger partial charge in [0.15, 0.2) is 14.9 Å². The molecule has 3 aromatic heterocycles. The van der Waals surface area contributed by atoms with Crippen LogP contribution in [0.3, 0.4) is 0 Å². The number of nitrogens with zero attached hydrogens (tertiary/aromatic N) is 3. The molecule has 4 aromatic rings. The summed E-state index contributed by atoms with van der Waals surface area (Å²) in [6.45, 7) is 1.90. The van der Waals surface area contributed by atoms with Crippen molar-refractivity contribution in [1.29, 1.82) is 0 Å². The highest BCUT2D eigenvalue weighted by Crippen LogP contribution is 2.24. The third-order valence-electron chi connectivity index (χ3n) is 5.17. The van der Waals surface area contributed by atoms with Crippen molar-refractivity contribution >= 4 is 21.3 Å². The van der Waals surface area contributed by atoms with Gasteiger partial charge in [-0.15, -0.1) is 0 Å². The van der Waals surface area contributed by atoms with E-state index in [1.54, 1.807) is 47.1 Å². The van der Waals surface area contributed by atoms with E-state index in [9.17, 15) is 17.6 Å². The van der Waals surface area contributed by atoms with Gasteiger partial charge in [0.25, 0.3) is 5.91 Å². The lowest BCUT2D eigenvalue weighted by Gasteiger charge is -2.18. The number of hydrogen-bond acceptors (Lipinski definition) is 5. The highest BCUT2D eigenvalue weighted by molar-refractivity contribution is 7.90. The summed E-state index contributed by atoms with van der Waals surface area (Å²) in [6, 6.07) is 12.2. The van der Waals surface area contributed by atoms with Crippen molar-refractivity contribution in [2.75, 3.05) is 6.26 Å². The largest absolute Gasteiger partial charge is 0.345 e. The molecule has 0 aliphatic carbocycles. The maximum Gasteiger partial charge on any atom is 0.253 e. The summed E-state index contributed by atoms with van der Waals surface area (Å²) in [4.78, 5) is 21.5. The SMILES string of the molecule is CCC(NC(=O)c1cccn2c(-c3ccc(F)cc3)ncc12)c1ccnc(S(C)(=O)=O)c1. The minimum Gasteiger partial charge on any atom is -0.345 e. The smallest absolute Gasteiger partial charge is 0.253 e. The molecule has 4 rings (SSSR count). The molecule has 9 heteroatoms. The number of imidazole rings is 1. The molecular formula is C23H21FN4O3S. The summed E-state index contributed by atoms with van der Waals surface area (Å²) < 4.78 is 38.7. The Labute approximate surface area is 184 Å². The fourth-order valence-electron chi connectivity index (χ4n) is 3.53. The van der Waals surface area contributed by atoms with Gasteiger partial charge < -0.3 is 5.32 Å². The number of benzene rings is 1. The summed E-state index contributed by atoms with van der Waals surface area (Å²) in [5.74, 6) is -0.0604. The Balaban J connectivity index is 1.66. The van der Waals surface area contributed by atoms with Crippen LogP contribution in [0.15, 0.2) is 72.1 Å². The van der Waals surface area contributed by atoms with Gasteiger partial charge in [0.2, 0.25) is 0 Å². The van der Waals surface area contributed by atoms with Crippen LogP contribution in [0.2, 0.25) is 0 Å². The van der Waals surface area contributed by atoms with E-state index in [1.807, 2.05) is 6.92 Å². The van der Waals surface area contributed by atoms with Crippen molar-refractivity contribution in [3.63, 3.8) is 0 Å². The number of sulfone groups is 1. The molecule has 3 heterocycles. The van der Waals surface area contributed by atoms with E-state index in [0.29, 0.717) is 28.9 Å². The van der Waals surface area contributed by atoms with Gasteiger partial charge in [-0.05, 0) is 60.5 Å². The monoisotopic (exact) mass is 452 g/mol. The quantitative estimate of drug-likeness (QED) is 0.480. The summed E-state index contributed by atoms with van der Waals surface area (Å²) in [7, 11) is -3.46. The van der Waals surface area contributed by atoms with Crippen LogP contribution in [0.5, 0.6) is 0 Å². The van der Waals surface area contributed by atoms with E-state index in [1.165, 1.54) is 24.4 Å². The van der Waals surface area contributed by atoms with Crippen molar-refractivity contribution < 1.29 is 17.6 Å². The first-order valence-electron chi connectivity index (χ1n) is 9.97. The molecule has 0 aliphatic rings. The van der Waals surface area contributed by atoms with Crippen LogP contribution in [0, 0.1) is 5.82 Å². The molecule has 1 N–H and O–H groups in total. The first kappa shape index (κ1) is 21.6. The normalized spacial score (nSPS) is 12.6. The molecule has 1 unspecified atom stereocenters. The molecular weight excluding hydrogens is 431 g/mol. The summed E-state index contributed by atoms with van der Waals surface area (Å²) in [5, 5.41) is 2.94. The highest BCUT2D eigenvalue weighted by Gasteiger charge is 2.20. The molecule has 0 spiro atoms. The fraction of sp³-hybridized carbons (Fsp3) is 0.174. The van der Waals surface area contributed by atoms with Crippen molar-refractivity contribution in [2.24, 2.45) is 0 Å². The van der Waals surface area contributed by atoms with E-state index in [0.717, 1.165) is 11.8 Å². The molecule has 0 saturated heterocycles. The number of fused-ring (bicyclic) bond motifs is 1. The molecule has 164 valence electrons.